The highest BCUT2D eigenvalue weighted by Gasteiger charge is 2.18. The first-order valence-electron chi connectivity index (χ1n) is 7.17. The van der Waals surface area contributed by atoms with E-state index in [-0.39, 0.29) is 24.4 Å². The molecular weight excluding hydrogens is 304 g/mol. The van der Waals surface area contributed by atoms with Crippen LogP contribution >= 0.6 is 11.6 Å². The third kappa shape index (κ3) is 3.64. The lowest BCUT2D eigenvalue weighted by Gasteiger charge is -2.13. The van der Waals surface area contributed by atoms with Crippen molar-refractivity contribution in [3.8, 4) is 5.69 Å². The van der Waals surface area contributed by atoms with Crippen LogP contribution in [0, 0.1) is 6.92 Å². The Labute approximate surface area is 134 Å². The molecule has 7 heteroatoms. The van der Waals surface area contributed by atoms with Gasteiger partial charge in [-0.1, -0.05) is 30.7 Å². The molecule has 1 atom stereocenters. The Morgan fingerprint density at radius 1 is 1.45 bits per heavy atom. The van der Waals surface area contributed by atoms with Crippen LogP contribution in [0.5, 0.6) is 0 Å². The Balaban J connectivity index is 2.23. The van der Waals surface area contributed by atoms with Gasteiger partial charge in [-0.25, -0.2) is 9.67 Å². The highest BCUT2D eigenvalue weighted by atomic mass is 35.5. The maximum absolute atomic E-state index is 12.2. The molecule has 0 radical (unpaired) electrons. The summed E-state index contributed by atoms with van der Waals surface area (Å²) in [6.07, 6.45) is 1.24. The van der Waals surface area contributed by atoms with Gasteiger partial charge < -0.3 is 10.4 Å². The number of aromatic nitrogens is 3. The SMILES string of the molecule is CCC(CCO)NC(=O)c1nc(C)n(-c2ccccc2Cl)n1. The summed E-state index contributed by atoms with van der Waals surface area (Å²) < 4.78 is 1.55. The molecular formula is C15H19ClN4O2. The first-order chi connectivity index (χ1) is 10.6. The molecule has 1 aromatic carbocycles. The zero-order valence-electron chi connectivity index (χ0n) is 12.6. The van der Waals surface area contributed by atoms with Gasteiger partial charge in [-0.3, -0.25) is 4.79 Å². The number of benzene rings is 1. The summed E-state index contributed by atoms with van der Waals surface area (Å²) in [5.74, 6) is 0.316. The van der Waals surface area contributed by atoms with Gasteiger partial charge in [0.15, 0.2) is 0 Å². The number of amides is 1. The quantitative estimate of drug-likeness (QED) is 0.853. The van der Waals surface area contributed by atoms with Crippen molar-refractivity contribution in [2.75, 3.05) is 6.61 Å². The van der Waals surface area contributed by atoms with Gasteiger partial charge in [0.2, 0.25) is 5.82 Å². The Hall–Kier alpha value is -1.92. The molecule has 0 aliphatic rings. The van der Waals surface area contributed by atoms with E-state index in [1.54, 1.807) is 17.7 Å². The highest BCUT2D eigenvalue weighted by Crippen LogP contribution is 2.20. The lowest BCUT2D eigenvalue weighted by atomic mass is 10.1. The van der Waals surface area contributed by atoms with E-state index in [2.05, 4.69) is 15.4 Å². The molecule has 1 unspecified atom stereocenters. The minimum absolute atomic E-state index is 0.0271. The van der Waals surface area contributed by atoms with E-state index in [1.165, 1.54) is 0 Å². The molecule has 0 fully saturated rings. The van der Waals surface area contributed by atoms with Crippen molar-refractivity contribution in [2.45, 2.75) is 32.7 Å². The first kappa shape index (κ1) is 16.5. The van der Waals surface area contributed by atoms with Gasteiger partial charge in [-0.05, 0) is 31.9 Å². The van der Waals surface area contributed by atoms with Crippen molar-refractivity contribution in [3.05, 3.63) is 40.9 Å². The summed E-state index contributed by atoms with van der Waals surface area (Å²) in [4.78, 5) is 16.4. The van der Waals surface area contributed by atoms with Crippen molar-refractivity contribution in [1.82, 2.24) is 20.1 Å². The van der Waals surface area contributed by atoms with E-state index in [0.29, 0.717) is 23.0 Å². The molecule has 0 aliphatic heterocycles. The summed E-state index contributed by atoms with van der Waals surface area (Å²) in [5.41, 5.74) is 0.676. The minimum atomic E-state index is -0.353. The third-order valence-corrected chi connectivity index (χ3v) is 3.68. The fourth-order valence-electron chi connectivity index (χ4n) is 2.12. The molecule has 0 saturated carbocycles. The van der Waals surface area contributed by atoms with E-state index in [0.717, 1.165) is 6.42 Å². The second kappa shape index (κ2) is 7.38. The van der Waals surface area contributed by atoms with Crippen molar-refractivity contribution in [3.63, 3.8) is 0 Å². The van der Waals surface area contributed by atoms with Gasteiger partial charge in [-0.2, -0.15) is 0 Å². The van der Waals surface area contributed by atoms with E-state index in [1.807, 2.05) is 25.1 Å². The molecule has 2 aromatic rings. The molecule has 118 valence electrons. The van der Waals surface area contributed by atoms with Gasteiger partial charge in [0.25, 0.3) is 5.91 Å². The number of nitrogens with one attached hydrogen (secondary N) is 1. The average Bonchev–Trinajstić information content (AvgIpc) is 2.89. The van der Waals surface area contributed by atoms with Crippen LogP contribution < -0.4 is 5.32 Å². The molecule has 1 heterocycles. The summed E-state index contributed by atoms with van der Waals surface area (Å²) in [5, 5.41) is 16.6. The van der Waals surface area contributed by atoms with E-state index in [9.17, 15) is 4.79 Å². The number of carbonyl (C=O) groups is 1. The van der Waals surface area contributed by atoms with Crippen LogP contribution in [-0.4, -0.2) is 38.4 Å². The zero-order valence-corrected chi connectivity index (χ0v) is 13.3. The monoisotopic (exact) mass is 322 g/mol. The van der Waals surface area contributed by atoms with Crippen LogP contribution in [-0.2, 0) is 0 Å². The number of halogens is 1. The van der Waals surface area contributed by atoms with Crippen molar-refractivity contribution < 1.29 is 9.90 Å². The number of rotatable bonds is 6. The standard InChI is InChI=1S/C15H19ClN4O2/c1-3-11(8-9-21)18-15(22)14-17-10(2)20(19-14)13-7-5-4-6-12(13)16/h4-7,11,21H,3,8-9H2,1-2H3,(H,18,22). The number of nitrogens with zero attached hydrogens (tertiary/aromatic N) is 3. The molecule has 22 heavy (non-hydrogen) atoms. The van der Waals surface area contributed by atoms with Crippen LogP contribution in [0.1, 0.15) is 36.2 Å². The predicted molar refractivity (Wildman–Crippen MR) is 84.4 cm³/mol. The van der Waals surface area contributed by atoms with Crippen LogP contribution in [0.2, 0.25) is 5.02 Å². The molecule has 1 amide bonds. The Bertz CT molecular complexity index is 657. The maximum Gasteiger partial charge on any atom is 0.291 e. The molecule has 0 bridgehead atoms. The molecule has 2 N–H and O–H groups in total. The van der Waals surface area contributed by atoms with E-state index >= 15 is 0 Å². The largest absolute Gasteiger partial charge is 0.396 e. The Morgan fingerprint density at radius 2 is 2.18 bits per heavy atom. The molecule has 2 rings (SSSR count). The number of hydrogen-bond donors (Lipinski definition) is 2. The molecule has 1 aromatic heterocycles. The second-order valence-corrected chi connectivity index (χ2v) is 5.34. The Morgan fingerprint density at radius 3 is 2.82 bits per heavy atom. The van der Waals surface area contributed by atoms with Crippen molar-refractivity contribution in [2.24, 2.45) is 0 Å². The lowest BCUT2D eigenvalue weighted by molar-refractivity contribution is 0.0918. The summed E-state index contributed by atoms with van der Waals surface area (Å²) in [6, 6.07) is 7.14. The average molecular weight is 323 g/mol. The van der Waals surface area contributed by atoms with Gasteiger partial charge in [0, 0.05) is 12.6 Å². The normalized spacial score (nSPS) is 12.2. The summed E-state index contributed by atoms with van der Waals surface area (Å²) in [6.45, 7) is 3.74. The smallest absolute Gasteiger partial charge is 0.291 e. The van der Waals surface area contributed by atoms with Gasteiger partial charge in [0.05, 0.1) is 10.7 Å². The van der Waals surface area contributed by atoms with Crippen molar-refractivity contribution in [1.29, 1.82) is 0 Å². The zero-order chi connectivity index (χ0) is 16.1. The first-order valence-corrected chi connectivity index (χ1v) is 7.54. The molecule has 0 aliphatic carbocycles. The molecule has 0 saturated heterocycles. The number of aryl methyl sites for hydroxylation is 1. The van der Waals surface area contributed by atoms with E-state index < -0.39 is 0 Å². The number of carbonyl (C=O) groups excluding carboxylic acids is 1. The minimum Gasteiger partial charge on any atom is -0.396 e. The predicted octanol–water partition coefficient (Wildman–Crippen LogP) is 2.12. The summed E-state index contributed by atoms with van der Waals surface area (Å²) in [7, 11) is 0. The summed E-state index contributed by atoms with van der Waals surface area (Å²) >= 11 is 6.15. The molecule has 0 spiro atoms. The maximum atomic E-state index is 12.2. The Kier molecular flexibility index (Phi) is 5.51. The van der Waals surface area contributed by atoms with Crippen LogP contribution in [0.25, 0.3) is 5.69 Å². The lowest BCUT2D eigenvalue weighted by Crippen LogP contribution is -2.35. The van der Waals surface area contributed by atoms with Crippen LogP contribution in [0.4, 0.5) is 0 Å². The number of para-hydroxylation sites is 1. The van der Waals surface area contributed by atoms with Crippen LogP contribution in [0.3, 0.4) is 0 Å². The van der Waals surface area contributed by atoms with Gasteiger partial charge in [-0.15, -0.1) is 5.10 Å². The third-order valence-electron chi connectivity index (χ3n) is 3.36. The number of aliphatic hydroxyl groups excluding tert-OH is 1. The van der Waals surface area contributed by atoms with Crippen LogP contribution in [0.15, 0.2) is 24.3 Å². The van der Waals surface area contributed by atoms with Crippen molar-refractivity contribution >= 4 is 17.5 Å². The molecule has 6 nitrogen and oxygen atoms in total. The second-order valence-electron chi connectivity index (χ2n) is 4.94. The number of aliphatic hydroxyl groups is 1. The topological polar surface area (TPSA) is 80.0 Å². The fraction of sp³-hybridized carbons (Fsp3) is 0.400. The highest BCUT2D eigenvalue weighted by molar-refractivity contribution is 6.32. The number of hydrogen-bond acceptors (Lipinski definition) is 4. The van der Waals surface area contributed by atoms with Gasteiger partial charge >= 0.3 is 0 Å². The fourth-order valence-corrected chi connectivity index (χ4v) is 2.34. The van der Waals surface area contributed by atoms with E-state index in [4.69, 9.17) is 16.7 Å². The van der Waals surface area contributed by atoms with Gasteiger partial charge in [0.1, 0.15) is 5.82 Å².